The third-order valence-electron chi connectivity index (χ3n) is 25.8. The molecule has 0 saturated carbocycles. The molecule has 1 aliphatic carbocycles. The van der Waals surface area contributed by atoms with Crippen LogP contribution in [0.4, 0.5) is 0 Å². The molecule has 4 heterocycles. The minimum atomic E-state index is -0.0736. The van der Waals surface area contributed by atoms with Gasteiger partial charge in [-0.2, -0.15) is 0 Å². The van der Waals surface area contributed by atoms with E-state index in [2.05, 4.69) is 478 Å². The fourth-order valence-corrected chi connectivity index (χ4v) is 19.3. The fourth-order valence-electron chi connectivity index (χ4n) is 19.3. The minimum absolute atomic E-state index is 0.0736. The minimum Gasteiger partial charge on any atom is -0.309 e. The molecule has 0 N–H and O–H groups in total. The van der Waals surface area contributed by atoms with E-state index >= 15 is 0 Å². The predicted octanol–water partition coefficient (Wildman–Crippen LogP) is 32.2. The van der Waals surface area contributed by atoms with E-state index in [0.717, 1.165) is 117 Å². The monoisotopic (exact) mass is 1670 g/mol. The van der Waals surface area contributed by atoms with Crippen molar-refractivity contribution in [2.75, 3.05) is 0 Å². The molecule has 7 nitrogen and oxygen atoms in total. The normalized spacial score (nSPS) is 12.0. The van der Waals surface area contributed by atoms with Gasteiger partial charge in [-0.25, -0.2) is 24.9 Å². The van der Waals surface area contributed by atoms with E-state index in [9.17, 15) is 0 Å². The zero-order valence-electron chi connectivity index (χ0n) is 72.2. The first-order valence-electron chi connectivity index (χ1n) is 44.7. The van der Waals surface area contributed by atoms with Gasteiger partial charge in [-0.05, 0) is 233 Å². The molecule has 23 aromatic rings. The first-order chi connectivity index (χ1) is 64.7. The summed E-state index contributed by atoms with van der Waals surface area (Å²) in [5, 5.41) is 4.82. The summed E-state index contributed by atoms with van der Waals surface area (Å²) in [5.74, 6) is 2.54. The van der Waals surface area contributed by atoms with Crippen molar-refractivity contribution in [2.24, 2.45) is 0 Å². The van der Waals surface area contributed by atoms with Crippen LogP contribution >= 0.6 is 0 Å². The smallest absolute Gasteiger partial charge is 0.164 e. The lowest BCUT2D eigenvalue weighted by atomic mass is 9.81. The van der Waals surface area contributed by atoms with Crippen molar-refractivity contribution in [3.8, 4) is 180 Å². The lowest BCUT2D eigenvalue weighted by molar-refractivity contribution is 0.660. The Morgan fingerprint density at radius 1 is 0.168 bits per heavy atom. The van der Waals surface area contributed by atoms with Crippen molar-refractivity contribution in [3.05, 3.63) is 490 Å². The molecule has 0 amide bonds. The number of rotatable bonds is 16. The Morgan fingerprint density at radius 3 is 0.977 bits per heavy atom. The molecule has 131 heavy (non-hydrogen) atoms. The summed E-state index contributed by atoms with van der Waals surface area (Å²) in [6.07, 6.45) is 0. The molecule has 0 saturated heterocycles. The zero-order valence-corrected chi connectivity index (χ0v) is 72.2. The lowest BCUT2D eigenvalue weighted by Gasteiger charge is -2.22. The van der Waals surface area contributed by atoms with E-state index in [1.807, 2.05) is 24.3 Å². The van der Waals surface area contributed by atoms with Crippen molar-refractivity contribution in [2.45, 2.75) is 19.3 Å². The van der Waals surface area contributed by atoms with Crippen LogP contribution in [0, 0.1) is 0 Å². The van der Waals surface area contributed by atoms with Gasteiger partial charge in [-0.3, -0.25) is 0 Å². The van der Waals surface area contributed by atoms with Crippen LogP contribution in [-0.4, -0.2) is 34.1 Å². The molecule has 24 rings (SSSR count). The Kier molecular flexibility index (Phi) is 20.2. The second kappa shape index (κ2) is 33.7. The second-order valence-electron chi connectivity index (χ2n) is 34.3. The highest BCUT2D eigenvalue weighted by atomic mass is 15.0. The van der Waals surface area contributed by atoms with Crippen LogP contribution in [0.1, 0.15) is 25.0 Å². The van der Waals surface area contributed by atoms with Gasteiger partial charge in [-0.15, -0.1) is 0 Å². The standard InChI is InChI=1S/C63H42N4.C61H43N3/c1-6-18-43(19-7-1)49-32-34-59-57(41-49)58-42-50(33-35-60(58)67(59)56-30-14-5-15-31-56)47-26-16-28-51(36-47)62-64-61(46-24-12-4-13-25-46)65-63(66-62)52-29-17-27-48(37-52)55-39-53(44-20-8-2-9-21-44)38-54(40-55)45-22-10-3-11-23-45;1-61(2)53-29-13-12-27-50(53)51-33-31-44(38-54(51)61)42-21-14-23-46(35-42)56-39-55(41-19-8-4-9-20-41)62-60(63-56)47-24-15-22-45(36-47)49-28-16-30-58-59(49)52-37-43(40-17-6-3-7-18-40)32-34-57(52)64(58)48-25-10-5-11-26-48/h1-42H;3-39H,1-2H3. The predicted molar refractivity (Wildman–Crippen MR) is 544 cm³/mol. The molecule has 0 radical (unpaired) electrons. The quantitative estimate of drug-likeness (QED) is 0.0964. The Balaban J connectivity index is 0.000000149. The Morgan fingerprint density at radius 2 is 0.466 bits per heavy atom. The molecular formula is C124H85N7. The van der Waals surface area contributed by atoms with Gasteiger partial charge in [0.25, 0.3) is 0 Å². The zero-order chi connectivity index (χ0) is 87.3. The molecule has 19 aromatic carbocycles. The van der Waals surface area contributed by atoms with E-state index in [1.54, 1.807) is 0 Å². The van der Waals surface area contributed by atoms with Gasteiger partial charge in [0.05, 0.1) is 33.5 Å². The summed E-state index contributed by atoms with van der Waals surface area (Å²) in [6.45, 7) is 4.68. The molecule has 0 bridgehead atoms. The molecule has 7 heteroatoms. The van der Waals surface area contributed by atoms with Crippen LogP contribution in [0.3, 0.4) is 0 Å². The maximum atomic E-state index is 5.36. The van der Waals surface area contributed by atoms with E-state index in [-0.39, 0.29) is 5.41 Å². The number of aromatic nitrogens is 7. The van der Waals surface area contributed by atoms with Crippen LogP contribution in [0.25, 0.3) is 223 Å². The van der Waals surface area contributed by atoms with E-state index in [1.165, 1.54) is 93.8 Å². The van der Waals surface area contributed by atoms with Gasteiger partial charge in [0, 0.05) is 71.7 Å². The van der Waals surface area contributed by atoms with E-state index < -0.39 is 0 Å². The van der Waals surface area contributed by atoms with Crippen molar-refractivity contribution < 1.29 is 0 Å². The van der Waals surface area contributed by atoms with Gasteiger partial charge in [0.1, 0.15) is 0 Å². The van der Waals surface area contributed by atoms with Crippen LogP contribution in [0.2, 0.25) is 0 Å². The Bertz CT molecular complexity index is 8200. The topological polar surface area (TPSA) is 74.3 Å². The highest BCUT2D eigenvalue weighted by Gasteiger charge is 2.35. The van der Waals surface area contributed by atoms with Crippen molar-refractivity contribution in [1.29, 1.82) is 0 Å². The molecule has 0 spiro atoms. The molecule has 0 aliphatic heterocycles. The maximum Gasteiger partial charge on any atom is 0.164 e. The number of para-hydroxylation sites is 2. The number of hydrogen-bond donors (Lipinski definition) is 0. The van der Waals surface area contributed by atoms with Crippen LogP contribution in [0.15, 0.2) is 479 Å². The van der Waals surface area contributed by atoms with Crippen LogP contribution in [0.5, 0.6) is 0 Å². The van der Waals surface area contributed by atoms with Crippen molar-refractivity contribution in [3.63, 3.8) is 0 Å². The number of hydrogen-bond acceptors (Lipinski definition) is 5. The van der Waals surface area contributed by atoms with Gasteiger partial charge < -0.3 is 9.13 Å². The first kappa shape index (κ1) is 78.6. The number of benzene rings is 19. The van der Waals surface area contributed by atoms with Crippen molar-refractivity contribution in [1.82, 2.24) is 34.1 Å². The summed E-state index contributed by atoms with van der Waals surface area (Å²) in [7, 11) is 0. The third-order valence-corrected chi connectivity index (χ3v) is 25.8. The van der Waals surface area contributed by atoms with E-state index in [0.29, 0.717) is 23.3 Å². The van der Waals surface area contributed by atoms with Gasteiger partial charge in [-0.1, -0.05) is 372 Å². The summed E-state index contributed by atoms with van der Waals surface area (Å²) >= 11 is 0. The molecule has 0 atom stereocenters. The molecule has 616 valence electrons. The Hall–Kier alpha value is -17.1. The fraction of sp³-hybridized carbons (Fsp3) is 0.0242. The largest absolute Gasteiger partial charge is 0.309 e. The molecule has 0 fully saturated rings. The lowest BCUT2D eigenvalue weighted by Crippen LogP contribution is -2.14. The molecule has 0 unspecified atom stereocenters. The Labute approximate surface area is 761 Å². The third kappa shape index (κ3) is 15.0. The second-order valence-corrected chi connectivity index (χ2v) is 34.3. The average molecular weight is 1670 g/mol. The van der Waals surface area contributed by atoms with Gasteiger partial charge in [0.2, 0.25) is 0 Å². The summed E-state index contributed by atoms with van der Waals surface area (Å²) in [6, 6.07) is 171. The number of nitrogens with zero attached hydrogens (tertiary/aromatic N) is 7. The molecule has 1 aliphatic rings. The van der Waals surface area contributed by atoms with Crippen LogP contribution < -0.4 is 0 Å². The average Bonchev–Trinajstić information content (AvgIpc) is 1.58. The number of fused-ring (bicyclic) bond motifs is 9. The highest BCUT2D eigenvalue weighted by molar-refractivity contribution is 6.17. The van der Waals surface area contributed by atoms with Gasteiger partial charge >= 0.3 is 0 Å². The molecule has 4 aromatic heterocycles. The van der Waals surface area contributed by atoms with Gasteiger partial charge in [0.15, 0.2) is 23.3 Å². The van der Waals surface area contributed by atoms with E-state index in [4.69, 9.17) is 24.9 Å². The van der Waals surface area contributed by atoms with Crippen LogP contribution in [-0.2, 0) is 5.41 Å². The SMILES string of the molecule is CC1(C)c2ccccc2-c2ccc(-c3cccc(-c4cc(-c5ccccc5)nc(-c5cccc(-c6cccc7c6c6cc(-c8ccccc8)ccc6n7-c6ccccc6)c5)n4)c3)cc21.c1ccc(-c2cc(-c3ccccc3)cc(-c3cccc(-c4nc(-c5ccccc5)nc(-c5cccc(-c6ccc7c(c6)c6cc(-c8ccccc8)ccc6n7-c6ccccc6)c5)n4)c3)c2)cc1. The summed E-state index contributed by atoms with van der Waals surface area (Å²) in [4.78, 5) is 26.2. The highest BCUT2D eigenvalue weighted by Crippen LogP contribution is 2.51. The summed E-state index contributed by atoms with van der Waals surface area (Å²) in [5.41, 5.74) is 38.3. The van der Waals surface area contributed by atoms with Crippen molar-refractivity contribution >= 4 is 43.6 Å². The summed E-state index contributed by atoms with van der Waals surface area (Å²) < 4.78 is 4.76. The first-order valence-corrected chi connectivity index (χ1v) is 44.7. The maximum absolute atomic E-state index is 5.36. The molecular weight excluding hydrogens is 1590 g/mol.